The number of aryl methyl sites for hydroxylation is 2. The Hall–Kier alpha value is -2.08. The maximum atomic E-state index is 5.28. The van der Waals surface area contributed by atoms with Gasteiger partial charge in [-0.1, -0.05) is 229 Å². The van der Waals surface area contributed by atoms with Crippen LogP contribution in [0.25, 0.3) is 0 Å². The quantitative estimate of drug-likeness (QED) is 0.0276. The number of nitrogens with zero attached hydrogens (tertiary/aromatic N) is 2. The van der Waals surface area contributed by atoms with E-state index in [1.807, 2.05) is 0 Å². The Bertz CT molecular complexity index is 1320. The normalized spacial score (nSPS) is 12.1. The predicted molar refractivity (Wildman–Crippen MR) is 263 cm³/mol. The van der Waals surface area contributed by atoms with E-state index >= 15 is 0 Å². The molecule has 0 bridgehead atoms. The summed E-state index contributed by atoms with van der Waals surface area (Å²) in [4.78, 5) is 10.4. The van der Waals surface area contributed by atoms with E-state index in [4.69, 9.17) is 9.98 Å². The van der Waals surface area contributed by atoms with Crippen LogP contribution in [0.1, 0.15) is 244 Å². The zero-order valence-corrected chi connectivity index (χ0v) is 40.5. The molecular weight excluding hydrogens is 807 g/mol. The third-order valence-corrected chi connectivity index (χ3v) is 11.8. The molecule has 0 heterocycles. The van der Waals surface area contributed by atoms with E-state index in [1.54, 1.807) is 0 Å². The van der Waals surface area contributed by atoms with Crippen molar-refractivity contribution in [3.8, 4) is 0 Å². The summed E-state index contributed by atoms with van der Waals surface area (Å²) in [6.07, 6.45) is 58.0. The molecular formula is C56H92N2Pd. The Kier molecular flexibility index (Phi) is 39.7. The van der Waals surface area contributed by atoms with Gasteiger partial charge < -0.3 is 0 Å². The van der Waals surface area contributed by atoms with Gasteiger partial charge in [0.25, 0.3) is 0 Å². The number of unbranched alkanes of at least 4 members (excludes halogenated alkanes) is 27. The molecule has 0 saturated carbocycles. The number of hydrogen-bond donors (Lipinski definition) is 0. The Balaban J connectivity index is 0.0000174. The van der Waals surface area contributed by atoms with Crippen LogP contribution < -0.4 is 0 Å². The Morgan fingerprint density at radius 1 is 0.390 bits per heavy atom. The van der Waals surface area contributed by atoms with Crippen molar-refractivity contribution in [3.05, 3.63) is 84.0 Å². The van der Waals surface area contributed by atoms with Crippen LogP contribution in [0, 0.1) is 0 Å². The van der Waals surface area contributed by atoms with Crippen LogP contribution in [0.4, 0.5) is 11.4 Å². The van der Waals surface area contributed by atoms with Crippen molar-refractivity contribution in [2.45, 2.75) is 245 Å². The van der Waals surface area contributed by atoms with Crippen molar-refractivity contribution in [1.29, 1.82) is 0 Å². The molecule has 0 atom stereocenters. The molecule has 59 heavy (non-hydrogen) atoms. The van der Waals surface area contributed by atoms with E-state index < -0.39 is 0 Å². The summed E-state index contributed by atoms with van der Waals surface area (Å²) in [5.41, 5.74) is 6.03. The minimum atomic E-state index is 0. The molecule has 0 aromatic heterocycles. The Morgan fingerprint density at radius 3 is 1.17 bits per heavy atom. The molecule has 0 unspecified atom stereocenters. The van der Waals surface area contributed by atoms with E-state index in [2.05, 4.69) is 99.8 Å². The Morgan fingerprint density at radius 2 is 0.729 bits per heavy atom. The van der Waals surface area contributed by atoms with Crippen molar-refractivity contribution in [2.75, 3.05) is 0 Å². The van der Waals surface area contributed by atoms with Gasteiger partial charge in [0.2, 0.25) is 0 Å². The van der Waals surface area contributed by atoms with Crippen molar-refractivity contribution in [1.82, 2.24) is 0 Å². The first-order valence-corrected chi connectivity index (χ1v) is 25.4. The van der Waals surface area contributed by atoms with Gasteiger partial charge >= 0.3 is 0 Å². The van der Waals surface area contributed by atoms with Crippen LogP contribution in [-0.4, -0.2) is 11.9 Å². The first kappa shape index (κ1) is 54.9. The molecule has 0 amide bonds. The van der Waals surface area contributed by atoms with Crippen LogP contribution in [0.3, 0.4) is 0 Å². The van der Waals surface area contributed by atoms with Crippen LogP contribution in [0.2, 0.25) is 0 Å². The number of allylic oxidation sites excluding steroid dienone is 4. The minimum Gasteiger partial charge on any atom is -0.255 e. The molecule has 0 aliphatic heterocycles. The molecule has 0 fully saturated rings. The van der Waals surface area contributed by atoms with Gasteiger partial charge in [-0.3, -0.25) is 9.98 Å². The summed E-state index contributed by atoms with van der Waals surface area (Å²) >= 11 is 0. The standard InChI is InChI=1S/C56H92N2.Pd/c1-4-7-10-13-15-17-19-21-23-25-27-29-31-33-35-37-44-52-46-40-42-49-55(52)57-51-54(48-39-12-9-6-3)58-56-50-43-41-47-53(56)45-38-36-34-32-30-28-26-24-22-20-18-16-14-11-8-5-2;/h31-34,40-43,46-47,49-51H,4-30,35-39,44-45,48H2,1-3H3;. The average Bonchev–Trinajstić information content (AvgIpc) is 3.24. The maximum Gasteiger partial charge on any atom is 0.0665 e. The first-order valence-electron chi connectivity index (χ1n) is 25.4. The topological polar surface area (TPSA) is 24.7 Å². The Labute approximate surface area is 381 Å². The third-order valence-electron chi connectivity index (χ3n) is 11.8. The molecule has 336 valence electrons. The molecule has 2 nitrogen and oxygen atoms in total. The monoisotopic (exact) mass is 899 g/mol. The molecule has 2 aromatic rings. The fourth-order valence-electron chi connectivity index (χ4n) is 8.01. The van der Waals surface area contributed by atoms with Crippen molar-refractivity contribution in [3.63, 3.8) is 0 Å². The van der Waals surface area contributed by atoms with Gasteiger partial charge in [0.05, 0.1) is 17.1 Å². The van der Waals surface area contributed by atoms with Gasteiger partial charge in [-0.2, -0.15) is 0 Å². The van der Waals surface area contributed by atoms with Gasteiger partial charge in [0.1, 0.15) is 0 Å². The average molecular weight is 900 g/mol. The van der Waals surface area contributed by atoms with E-state index in [1.165, 1.54) is 197 Å². The fourth-order valence-corrected chi connectivity index (χ4v) is 8.01. The van der Waals surface area contributed by atoms with Gasteiger partial charge in [-0.25, -0.2) is 0 Å². The van der Waals surface area contributed by atoms with Crippen LogP contribution >= 0.6 is 0 Å². The fraction of sp³-hybridized carbons (Fsp3) is 0.679. The second-order valence-electron chi connectivity index (χ2n) is 17.3. The van der Waals surface area contributed by atoms with Gasteiger partial charge in [-0.15, -0.1) is 0 Å². The summed E-state index contributed by atoms with van der Waals surface area (Å²) in [5, 5.41) is 0. The number of benzene rings is 2. The number of aliphatic imine (C=N–C) groups is 2. The smallest absolute Gasteiger partial charge is 0.0665 e. The van der Waals surface area contributed by atoms with E-state index in [0.717, 1.165) is 55.6 Å². The van der Waals surface area contributed by atoms with Gasteiger partial charge in [0.15, 0.2) is 0 Å². The predicted octanol–water partition coefficient (Wildman–Crippen LogP) is 19.3. The summed E-state index contributed by atoms with van der Waals surface area (Å²) in [6.45, 7) is 6.89. The molecule has 0 aliphatic rings. The summed E-state index contributed by atoms with van der Waals surface area (Å²) in [6, 6.07) is 17.5. The second kappa shape index (κ2) is 42.6. The van der Waals surface area contributed by atoms with Crippen LogP contribution in [0.5, 0.6) is 0 Å². The zero-order chi connectivity index (χ0) is 41.2. The van der Waals surface area contributed by atoms with Crippen LogP contribution in [0.15, 0.2) is 82.8 Å². The molecule has 2 rings (SSSR count). The maximum absolute atomic E-state index is 5.28. The van der Waals surface area contributed by atoms with Crippen molar-refractivity contribution < 1.29 is 20.4 Å². The van der Waals surface area contributed by atoms with Gasteiger partial charge in [0, 0.05) is 26.6 Å². The number of hydrogen-bond acceptors (Lipinski definition) is 2. The largest absolute Gasteiger partial charge is 0.255 e. The molecule has 2 aromatic carbocycles. The van der Waals surface area contributed by atoms with Gasteiger partial charge in [-0.05, 0) is 100 Å². The van der Waals surface area contributed by atoms with Crippen molar-refractivity contribution in [2.24, 2.45) is 9.98 Å². The summed E-state index contributed by atoms with van der Waals surface area (Å²) in [7, 11) is 0. The molecule has 0 N–H and O–H groups in total. The van der Waals surface area contributed by atoms with E-state index in [0.29, 0.717) is 0 Å². The third kappa shape index (κ3) is 32.3. The zero-order valence-electron chi connectivity index (χ0n) is 39.0. The summed E-state index contributed by atoms with van der Waals surface area (Å²) < 4.78 is 0. The minimum absolute atomic E-state index is 0. The molecule has 0 saturated heterocycles. The molecule has 0 spiro atoms. The number of rotatable bonds is 40. The second-order valence-corrected chi connectivity index (χ2v) is 17.3. The van der Waals surface area contributed by atoms with E-state index in [-0.39, 0.29) is 20.4 Å². The molecule has 0 radical (unpaired) electrons. The molecule has 3 heteroatoms. The first-order chi connectivity index (χ1) is 28.8. The summed E-state index contributed by atoms with van der Waals surface area (Å²) in [5.74, 6) is 0. The number of para-hydroxylation sites is 2. The molecule has 0 aliphatic carbocycles. The SMILES string of the molecule is CCCCCCCCCCCCCC=CCCCc1ccccc1N=CC(CCCCCC)=Nc1ccccc1CCCC=CCCCCCCCCCCCCC.[Pd]. The van der Waals surface area contributed by atoms with Crippen LogP contribution in [-0.2, 0) is 33.3 Å². The van der Waals surface area contributed by atoms with E-state index in [9.17, 15) is 0 Å². The van der Waals surface area contributed by atoms with Crippen molar-refractivity contribution >= 4 is 23.3 Å².